The van der Waals surface area contributed by atoms with E-state index < -0.39 is 0 Å². The monoisotopic (exact) mass is 360 g/mol. The topological polar surface area (TPSA) is 78.9 Å². The maximum absolute atomic E-state index is 12.5. The number of hydrogen-bond acceptors (Lipinski definition) is 2. The minimum Gasteiger partial charge on any atom is -0.360 e. The number of H-pyrrole nitrogens is 1. The zero-order chi connectivity index (χ0) is 18.8. The van der Waals surface area contributed by atoms with Crippen LogP contribution in [0.5, 0.6) is 0 Å². The van der Waals surface area contributed by atoms with Crippen molar-refractivity contribution in [2.24, 2.45) is 7.05 Å². The summed E-state index contributed by atoms with van der Waals surface area (Å²) in [4.78, 5) is 27.9. The van der Waals surface area contributed by atoms with Gasteiger partial charge in [-0.1, -0.05) is 36.4 Å². The van der Waals surface area contributed by atoms with Gasteiger partial charge >= 0.3 is 0 Å². The van der Waals surface area contributed by atoms with Crippen LogP contribution in [0.15, 0.2) is 60.9 Å². The minimum atomic E-state index is -0.160. The van der Waals surface area contributed by atoms with Gasteiger partial charge in [0, 0.05) is 54.3 Å². The number of carbonyl (C=O) groups is 2. The van der Waals surface area contributed by atoms with Crippen LogP contribution in [0.3, 0.4) is 0 Å². The van der Waals surface area contributed by atoms with E-state index in [1.807, 2.05) is 66.3 Å². The summed E-state index contributed by atoms with van der Waals surface area (Å²) in [7, 11) is 1.92. The fourth-order valence-electron chi connectivity index (χ4n) is 3.32. The van der Waals surface area contributed by atoms with Crippen LogP contribution in [0.1, 0.15) is 20.7 Å². The Bertz CT molecular complexity index is 1140. The van der Waals surface area contributed by atoms with E-state index in [-0.39, 0.29) is 11.8 Å². The normalized spacial score (nSPS) is 11.0. The average Bonchev–Trinajstić information content (AvgIpc) is 3.27. The molecule has 0 saturated heterocycles. The molecule has 6 nitrogen and oxygen atoms in total. The fraction of sp³-hybridized carbons (Fsp3) is 0.143. The van der Waals surface area contributed by atoms with E-state index in [0.717, 1.165) is 21.8 Å². The summed E-state index contributed by atoms with van der Waals surface area (Å²) in [6.45, 7) is 0.713. The largest absolute Gasteiger partial charge is 0.360 e. The zero-order valence-corrected chi connectivity index (χ0v) is 15.0. The Morgan fingerprint density at radius 2 is 1.52 bits per heavy atom. The highest BCUT2D eigenvalue weighted by atomic mass is 16.2. The highest BCUT2D eigenvalue weighted by Crippen LogP contribution is 2.20. The molecule has 0 aliphatic carbocycles. The molecule has 2 amide bonds. The number of aryl methyl sites for hydroxylation is 1. The van der Waals surface area contributed by atoms with Crippen molar-refractivity contribution < 1.29 is 9.59 Å². The Labute approximate surface area is 156 Å². The van der Waals surface area contributed by atoms with Crippen molar-refractivity contribution in [3.8, 4) is 0 Å². The SMILES string of the molecule is Cn1cc(C(=O)NCCNC(=O)c2c[nH]c3ccccc23)c2ccccc21. The lowest BCUT2D eigenvalue weighted by Crippen LogP contribution is -2.34. The Kier molecular flexibility index (Phi) is 4.38. The number of nitrogens with one attached hydrogen (secondary N) is 3. The molecule has 0 aliphatic heterocycles. The van der Waals surface area contributed by atoms with Gasteiger partial charge in [-0.25, -0.2) is 0 Å². The van der Waals surface area contributed by atoms with Gasteiger partial charge in [-0.3, -0.25) is 9.59 Å². The second-order valence-electron chi connectivity index (χ2n) is 6.43. The first-order chi connectivity index (χ1) is 13.1. The summed E-state index contributed by atoms with van der Waals surface area (Å²) in [5.74, 6) is -0.306. The molecular formula is C21H20N4O2. The predicted molar refractivity (Wildman–Crippen MR) is 106 cm³/mol. The van der Waals surface area contributed by atoms with E-state index in [4.69, 9.17) is 0 Å². The van der Waals surface area contributed by atoms with Gasteiger partial charge in [0.15, 0.2) is 0 Å². The summed E-state index contributed by atoms with van der Waals surface area (Å²) in [6, 6.07) is 15.4. The number of benzene rings is 2. The summed E-state index contributed by atoms with van der Waals surface area (Å²) < 4.78 is 1.93. The lowest BCUT2D eigenvalue weighted by atomic mass is 10.1. The third kappa shape index (κ3) is 3.17. The predicted octanol–water partition coefficient (Wildman–Crippen LogP) is 2.82. The summed E-state index contributed by atoms with van der Waals surface area (Å²) in [5.41, 5.74) is 3.17. The van der Waals surface area contributed by atoms with Crippen molar-refractivity contribution in [1.29, 1.82) is 0 Å². The molecule has 0 aliphatic rings. The number of amides is 2. The highest BCUT2D eigenvalue weighted by Gasteiger charge is 2.14. The number of nitrogens with zero attached hydrogens (tertiary/aromatic N) is 1. The minimum absolute atomic E-state index is 0.145. The average molecular weight is 360 g/mol. The Morgan fingerprint density at radius 1 is 0.889 bits per heavy atom. The molecule has 4 aromatic rings. The molecular weight excluding hydrogens is 340 g/mol. The van der Waals surface area contributed by atoms with Gasteiger partial charge in [-0.2, -0.15) is 0 Å². The van der Waals surface area contributed by atoms with E-state index in [2.05, 4.69) is 15.6 Å². The number of rotatable bonds is 5. The van der Waals surface area contributed by atoms with Crippen molar-refractivity contribution in [1.82, 2.24) is 20.2 Å². The quantitative estimate of drug-likeness (QED) is 0.479. The molecule has 0 spiro atoms. The molecule has 6 heteroatoms. The van der Waals surface area contributed by atoms with Gasteiger partial charge < -0.3 is 20.2 Å². The van der Waals surface area contributed by atoms with Crippen molar-refractivity contribution in [3.05, 3.63) is 72.1 Å². The van der Waals surface area contributed by atoms with Crippen molar-refractivity contribution in [3.63, 3.8) is 0 Å². The number of aromatic nitrogens is 2. The van der Waals surface area contributed by atoms with Crippen LogP contribution in [0.4, 0.5) is 0 Å². The molecule has 0 atom stereocenters. The maximum Gasteiger partial charge on any atom is 0.253 e. The lowest BCUT2D eigenvalue weighted by molar-refractivity contribution is 0.0929. The molecule has 2 aromatic heterocycles. The van der Waals surface area contributed by atoms with Crippen LogP contribution in [0, 0.1) is 0 Å². The third-order valence-corrected chi connectivity index (χ3v) is 4.67. The molecule has 0 radical (unpaired) electrons. The molecule has 3 N–H and O–H groups in total. The highest BCUT2D eigenvalue weighted by molar-refractivity contribution is 6.07. The van der Waals surface area contributed by atoms with Gasteiger partial charge in [0.2, 0.25) is 0 Å². The zero-order valence-electron chi connectivity index (χ0n) is 15.0. The molecule has 0 fully saturated rings. The van der Waals surface area contributed by atoms with Crippen LogP contribution in [0.2, 0.25) is 0 Å². The van der Waals surface area contributed by atoms with E-state index in [9.17, 15) is 9.59 Å². The van der Waals surface area contributed by atoms with Crippen molar-refractivity contribution >= 4 is 33.6 Å². The van der Waals surface area contributed by atoms with Crippen LogP contribution in [-0.2, 0) is 7.05 Å². The standard InChI is InChI=1S/C21H20N4O2/c1-25-13-17(15-7-3-5-9-19(15)25)21(27)23-11-10-22-20(26)16-12-24-18-8-4-2-6-14(16)18/h2-9,12-13,24H,10-11H2,1H3,(H,22,26)(H,23,27). The summed E-state index contributed by atoms with van der Waals surface area (Å²) in [6.07, 6.45) is 3.53. The van der Waals surface area contributed by atoms with E-state index in [1.54, 1.807) is 6.20 Å². The second-order valence-corrected chi connectivity index (χ2v) is 6.43. The van der Waals surface area contributed by atoms with E-state index in [0.29, 0.717) is 24.2 Å². The number of hydrogen-bond donors (Lipinski definition) is 3. The molecule has 4 rings (SSSR count). The molecule has 27 heavy (non-hydrogen) atoms. The number of aromatic amines is 1. The smallest absolute Gasteiger partial charge is 0.253 e. The lowest BCUT2D eigenvalue weighted by Gasteiger charge is -2.06. The summed E-state index contributed by atoms with van der Waals surface area (Å²) >= 11 is 0. The number of para-hydroxylation sites is 2. The number of fused-ring (bicyclic) bond motifs is 2. The Hall–Kier alpha value is -3.54. The molecule has 0 saturated carbocycles. The van der Waals surface area contributed by atoms with Crippen LogP contribution in [0.25, 0.3) is 21.8 Å². The van der Waals surface area contributed by atoms with Gasteiger partial charge in [-0.05, 0) is 12.1 Å². The van der Waals surface area contributed by atoms with Crippen LogP contribution < -0.4 is 10.6 Å². The van der Waals surface area contributed by atoms with Crippen LogP contribution in [-0.4, -0.2) is 34.5 Å². The van der Waals surface area contributed by atoms with Crippen molar-refractivity contribution in [2.45, 2.75) is 0 Å². The van der Waals surface area contributed by atoms with E-state index >= 15 is 0 Å². The molecule has 136 valence electrons. The van der Waals surface area contributed by atoms with Crippen molar-refractivity contribution in [2.75, 3.05) is 13.1 Å². The fourth-order valence-corrected chi connectivity index (χ4v) is 3.32. The Balaban J connectivity index is 1.36. The van der Waals surface area contributed by atoms with Gasteiger partial charge in [-0.15, -0.1) is 0 Å². The number of carbonyl (C=O) groups excluding carboxylic acids is 2. The molecule has 2 heterocycles. The Morgan fingerprint density at radius 3 is 2.30 bits per heavy atom. The van der Waals surface area contributed by atoms with Gasteiger partial charge in [0.05, 0.1) is 11.1 Å². The maximum atomic E-state index is 12.5. The second kappa shape index (κ2) is 6.99. The first-order valence-corrected chi connectivity index (χ1v) is 8.82. The molecule has 0 unspecified atom stereocenters. The van der Waals surface area contributed by atoms with Gasteiger partial charge in [0.25, 0.3) is 11.8 Å². The molecule has 0 bridgehead atoms. The first kappa shape index (κ1) is 16.9. The summed E-state index contributed by atoms with van der Waals surface area (Å²) in [5, 5.41) is 7.52. The first-order valence-electron chi connectivity index (χ1n) is 8.82. The van der Waals surface area contributed by atoms with Crippen LogP contribution >= 0.6 is 0 Å². The van der Waals surface area contributed by atoms with Gasteiger partial charge in [0.1, 0.15) is 0 Å². The van der Waals surface area contributed by atoms with E-state index in [1.165, 1.54) is 0 Å². The third-order valence-electron chi connectivity index (χ3n) is 4.67. The molecule has 2 aromatic carbocycles.